The van der Waals surface area contributed by atoms with Crippen molar-refractivity contribution in [2.75, 3.05) is 5.32 Å². The van der Waals surface area contributed by atoms with Crippen LogP contribution in [0.4, 0.5) is 5.69 Å². The maximum Gasteiger partial charge on any atom is 0.257 e. The first kappa shape index (κ1) is 21.3. The van der Waals surface area contributed by atoms with Crippen molar-refractivity contribution in [2.45, 2.75) is 41.2 Å². The number of aliphatic imine (C=N–C) groups is 1. The van der Waals surface area contributed by atoms with Gasteiger partial charge in [0, 0.05) is 29.6 Å². The molecule has 0 aliphatic carbocycles. The number of para-hydroxylation sites is 1. The Labute approximate surface area is 178 Å². The SMILES string of the molecule is Cc1ccc(C(=O)NC(=NCc2c(C)nn(C)c2C)Nc2ccccc2C)cc1C. The number of rotatable bonds is 4. The molecule has 3 rings (SSSR count). The quantitative estimate of drug-likeness (QED) is 0.502. The largest absolute Gasteiger partial charge is 0.326 e. The molecule has 3 aromatic rings. The van der Waals surface area contributed by atoms with Gasteiger partial charge in [0.1, 0.15) is 0 Å². The number of nitrogens with one attached hydrogen (secondary N) is 2. The molecule has 0 radical (unpaired) electrons. The molecular formula is C24H29N5O. The van der Waals surface area contributed by atoms with E-state index in [2.05, 4.69) is 15.7 Å². The molecule has 156 valence electrons. The van der Waals surface area contributed by atoms with Crippen LogP contribution in [0.5, 0.6) is 0 Å². The zero-order chi connectivity index (χ0) is 21.8. The molecule has 6 nitrogen and oxygen atoms in total. The van der Waals surface area contributed by atoms with Gasteiger partial charge in [-0.3, -0.25) is 14.8 Å². The van der Waals surface area contributed by atoms with Crippen molar-refractivity contribution in [3.63, 3.8) is 0 Å². The summed E-state index contributed by atoms with van der Waals surface area (Å²) in [7, 11) is 1.92. The Kier molecular flexibility index (Phi) is 6.35. The van der Waals surface area contributed by atoms with Crippen LogP contribution in [0, 0.1) is 34.6 Å². The van der Waals surface area contributed by atoms with Gasteiger partial charge in [0.2, 0.25) is 5.96 Å². The molecule has 0 atom stereocenters. The molecule has 0 spiro atoms. The van der Waals surface area contributed by atoms with Gasteiger partial charge in [0.15, 0.2) is 0 Å². The predicted molar refractivity (Wildman–Crippen MR) is 122 cm³/mol. The number of hydrogen-bond acceptors (Lipinski definition) is 3. The summed E-state index contributed by atoms with van der Waals surface area (Å²) in [5.74, 6) is 0.216. The van der Waals surface area contributed by atoms with E-state index in [4.69, 9.17) is 4.99 Å². The lowest BCUT2D eigenvalue weighted by Gasteiger charge is -2.14. The van der Waals surface area contributed by atoms with Crippen LogP contribution < -0.4 is 10.6 Å². The van der Waals surface area contributed by atoms with Crippen molar-refractivity contribution in [1.29, 1.82) is 0 Å². The molecule has 2 N–H and O–H groups in total. The average molecular weight is 404 g/mol. The summed E-state index contributed by atoms with van der Waals surface area (Å²) < 4.78 is 1.85. The number of anilines is 1. The molecule has 30 heavy (non-hydrogen) atoms. The molecular weight excluding hydrogens is 374 g/mol. The summed E-state index contributed by atoms with van der Waals surface area (Å²) in [5, 5.41) is 10.7. The van der Waals surface area contributed by atoms with E-state index in [0.717, 1.165) is 39.3 Å². The minimum atomic E-state index is -0.197. The highest BCUT2D eigenvalue weighted by atomic mass is 16.1. The van der Waals surface area contributed by atoms with Gasteiger partial charge in [0.25, 0.3) is 5.91 Å². The number of aromatic nitrogens is 2. The third-order valence-corrected chi connectivity index (χ3v) is 5.45. The van der Waals surface area contributed by atoms with Crippen molar-refractivity contribution >= 4 is 17.6 Å². The fraction of sp³-hybridized carbons (Fsp3) is 0.292. The van der Waals surface area contributed by atoms with Crippen molar-refractivity contribution in [3.8, 4) is 0 Å². The Morgan fingerprint density at radius 1 is 1.00 bits per heavy atom. The summed E-state index contributed by atoms with van der Waals surface area (Å²) in [6, 6.07) is 13.6. The van der Waals surface area contributed by atoms with E-state index >= 15 is 0 Å². The number of benzene rings is 2. The fourth-order valence-electron chi connectivity index (χ4n) is 3.22. The number of hydrogen-bond donors (Lipinski definition) is 2. The van der Waals surface area contributed by atoms with Gasteiger partial charge in [0.05, 0.1) is 12.2 Å². The van der Waals surface area contributed by atoms with E-state index in [1.165, 1.54) is 0 Å². The second kappa shape index (κ2) is 8.95. The number of aryl methyl sites for hydroxylation is 5. The van der Waals surface area contributed by atoms with E-state index in [1.807, 2.05) is 88.8 Å². The lowest BCUT2D eigenvalue weighted by atomic mass is 10.1. The van der Waals surface area contributed by atoms with Gasteiger partial charge < -0.3 is 5.32 Å². The molecule has 0 aliphatic heterocycles. The first-order valence-electron chi connectivity index (χ1n) is 10.0. The van der Waals surface area contributed by atoms with Crippen molar-refractivity contribution in [2.24, 2.45) is 12.0 Å². The Morgan fingerprint density at radius 2 is 1.73 bits per heavy atom. The molecule has 0 unspecified atom stereocenters. The second-order valence-corrected chi connectivity index (χ2v) is 7.63. The van der Waals surface area contributed by atoms with Crippen molar-refractivity contribution in [1.82, 2.24) is 15.1 Å². The van der Waals surface area contributed by atoms with Gasteiger partial charge in [-0.1, -0.05) is 24.3 Å². The third-order valence-electron chi connectivity index (χ3n) is 5.45. The molecule has 0 bridgehead atoms. The summed E-state index contributed by atoms with van der Waals surface area (Å²) >= 11 is 0. The monoisotopic (exact) mass is 403 g/mol. The first-order valence-corrected chi connectivity index (χ1v) is 10.0. The van der Waals surface area contributed by atoms with Gasteiger partial charge in [-0.15, -0.1) is 0 Å². The van der Waals surface area contributed by atoms with E-state index in [0.29, 0.717) is 18.1 Å². The van der Waals surface area contributed by atoms with E-state index in [9.17, 15) is 4.79 Å². The van der Waals surface area contributed by atoms with Crippen LogP contribution in [-0.4, -0.2) is 21.6 Å². The van der Waals surface area contributed by atoms with Crippen LogP contribution in [-0.2, 0) is 13.6 Å². The van der Waals surface area contributed by atoms with E-state index < -0.39 is 0 Å². The molecule has 6 heteroatoms. The zero-order valence-electron chi connectivity index (χ0n) is 18.5. The molecule has 1 heterocycles. The van der Waals surface area contributed by atoms with Gasteiger partial charge in [-0.25, -0.2) is 4.99 Å². The summed E-state index contributed by atoms with van der Waals surface area (Å²) in [6.45, 7) is 10.5. The number of nitrogens with zero attached hydrogens (tertiary/aromatic N) is 3. The Morgan fingerprint density at radius 3 is 2.37 bits per heavy atom. The number of guanidine groups is 1. The van der Waals surface area contributed by atoms with Gasteiger partial charge >= 0.3 is 0 Å². The maximum absolute atomic E-state index is 12.9. The summed E-state index contributed by atoms with van der Waals surface area (Å²) in [4.78, 5) is 17.6. The highest BCUT2D eigenvalue weighted by Crippen LogP contribution is 2.16. The molecule has 0 saturated carbocycles. The second-order valence-electron chi connectivity index (χ2n) is 7.63. The van der Waals surface area contributed by atoms with Crippen molar-refractivity contribution in [3.05, 3.63) is 81.7 Å². The first-order chi connectivity index (χ1) is 14.3. The van der Waals surface area contributed by atoms with Crippen LogP contribution in [0.15, 0.2) is 47.5 Å². The lowest BCUT2D eigenvalue weighted by Crippen LogP contribution is -2.36. The average Bonchev–Trinajstić information content (AvgIpc) is 2.95. The maximum atomic E-state index is 12.9. The highest BCUT2D eigenvalue weighted by Gasteiger charge is 2.13. The Bertz CT molecular complexity index is 1110. The van der Waals surface area contributed by atoms with Crippen LogP contribution in [0.1, 0.15) is 44.0 Å². The van der Waals surface area contributed by atoms with Crippen LogP contribution in [0.3, 0.4) is 0 Å². The smallest absolute Gasteiger partial charge is 0.257 e. The summed E-state index contributed by atoms with van der Waals surface area (Å²) in [5.41, 5.74) is 7.86. The van der Waals surface area contributed by atoms with Crippen LogP contribution in [0.25, 0.3) is 0 Å². The molecule has 2 aromatic carbocycles. The van der Waals surface area contributed by atoms with Crippen molar-refractivity contribution < 1.29 is 4.79 Å². The van der Waals surface area contributed by atoms with Gasteiger partial charge in [-0.05, 0) is 69.5 Å². The topological polar surface area (TPSA) is 71.3 Å². The minimum absolute atomic E-state index is 0.197. The van der Waals surface area contributed by atoms with E-state index in [1.54, 1.807) is 0 Å². The molecule has 0 fully saturated rings. The minimum Gasteiger partial charge on any atom is -0.326 e. The Hall–Kier alpha value is -3.41. The molecule has 1 amide bonds. The predicted octanol–water partition coefficient (Wildman–Crippen LogP) is 4.36. The highest BCUT2D eigenvalue weighted by molar-refractivity contribution is 6.10. The van der Waals surface area contributed by atoms with E-state index in [-0.39, 0.29) is 5.91 Å². The number of carbonyl (C=O) groups is 1. The Balaban J connectivity index is 1.89. The molecule has 1 aromatic heterocycles. The third kappa shape index (κ3) is 4.76. The number of amides is 1. The molecule has 0 aliphatic rings. The van der Waals surface area contributed by atoms with Crippen LogP contribution >= 0.6 is 0 Å². The van der Waals surface area contributed by atoms with Crippen LogP contribution in [0.2, 0.25) is 0 Å². The molecule has 0 saturated heterocycles. The zero-order valence-corrected chi connectivity index (χ0v) is 18.5. The summed E-state index contributed by atoms with van der Waals surface area (Å²) in [6.07, 6.45) is 0. The fourth-order valence-corrected chi connectivity index (χ4v) is 3.22. The number of carbonyl (C=O) groups excluding carboxylic acids is 1. The lowest BCUT2D eigenvalue weighted by molar-refractivity contribution is 0.0977. The van der Waals surface area contributed by atoms with Gasteiger partial charge in [-0.2, -0.15) is 5.10 Å². The standard InChI is InChI=1S/C24H29N5O/c1-15-11-12-20(13-17(15)3)23(30)27-24(26-22-10-8-7-9-16(22)2)25-14-21-18(4)28-29(6)19(21)5/h7-13H,14H2,1-6H3,(H2,25,26,27,30). The normalized spacial score (nSPS) is 11.5.